The second kappa shape index (κ2) is 6.82. The molecule has 178 valence electrons. The highest BCUT2D eigenvalue weighted by Crippen LogP contribution is 2.77. The average Bonchev–Trinajstić information content (AvgIpc) is 3.12. The van der Waals surface area contributed by atoms with Gasteiger partial charge in [-0.15, -0.1) is 0 Å². The van der Waals surface area contributed by atoms with Crippen LogP contribution in [0.15, 0.2) is 12.2 Å². The Labute approximate surface area is 196 Å². The number of carbonyl (C=O) groups excluding carboxylic acids is 2. The van der Waals surface area contributed by atoms with Crippen LogP contribution in [-0.4, -0.2) is 12.1 Å². The first kappa shape index (κ1) is 22.9. The zero-order chi connectivity index (χ0) is 23.3. The summed E-state index contributed by atoms with van der Waals surface area (Å²) in [6.07, 6.45) is 12.7. The molecule has 0 aromatic rings. The highest BCUT2D eigenvalue weighted by atomic mass is 16.1. The van der Waals surface area contributed by atoms with Crippen LogP contribution < -0.4 is 0 Å². The second-order valence-corrected chi connectivity index (χ2v) is 14.2. The van der Waals surface area contributed by atoms with Gasteiger partial charge in [0.2, 0.25) is 0 Å². The molecular weight excluding hydrogens is 392 g/mol. The fourth-order valence-corrected chi connectivity index (χ4v) is 11.2. The number of rotatable bonds is 2. The first-order valence-corrected chi connectivity index (χ1v) is 13.5. The molecule has 5 aliphatic carbocycles. The van der Waals surface area contributed by atoms with E-state index in [-0.39, 0.29) is 21.7 Å². The summed E-state index contributed by atoms with van der Waals surface area (Å²) in [6, 6.07) is 0. The van der Waals surface area contributed by atoms with Crippen LogP contribution in [-0.2, 0) is 9.59 Å². The van der Waals surface area contributed by atoms with E-state index in [2.05, 4.69) is 48.1 Å². The standard InChI is InChI=1S/C30H46O2/c1-19(2)20-10-15-30(18-31)17-16-28(6)21(25(20)30)8-9-23-27(5)13-12-24(32)26(3,4)22(27)11-14-29(23,28)7/h18,20-23,25H,1,8-17H2,2-7H3/t20?,21-,22+,23-,25?,27+,28-,29-,30?/m1/s1. The second-order valence-electron chi connectivity index (χ2n) is 14.2. The van der Waals surface area contributed by atoms with Crippen LogP contribution in [0.1, 0.15) is 106 Å². The average molecular weight is 439 g/mol. The van der Waals surface area contributed by atoms with Crippen molar-refractivity contribution in [2.45, 2.75) is 106 Å². The van der Waals surface area contributed by atoms with Gasteiger partial charge >= 0.3 is 0 Å². The van der Waals surface area contributed by atoms with Crippen molar-refractivity contribution in [1.29, 1.82) is 0 Å². The Morgan fingerprint density at radius 3 is 2.25 bits per heavy atom. The molecular formula is C30H46O2. The van der Waals surface area contributed by atoms with Crippen molar-refractivity contribution in [3.8, 4) is 0 Å². The molecule has 9 atom stereocenters. The molecule has 5 rings (SSSR count). The molecule has 5 aliphatic rings. The van der Waals surface area contributed by atoms with E-state index in [9.17, 15) is 9.59 Å². The minimum absolute atomic E-state index is 0.0999. The summed E-state index contributed by atoms with van der Waals surface area (Å²) in [4.78, 5) is 25.4. The number of hydrogen-bond acceptors (Lipinski definition) is 2. The third kappa shape index (κ3) is 2.54. The highest BCUT2D eigenvalue weighted by Gasteiger charge is 2.70. The molecule has 0 radical (unpaired) electrons. The SMILES string of the molecule is C=C(C)C1CCC2(C=O)CC[C@]3(C)[C@H](CC[C@@H]4[C@@]5(C)CCC(=O)C(C)(C)[C@@H]5CC[C@]43C)C12. The van der Waals surface area contributed by atoms with Crippen LogP contribution in [0.25, 0.3) is 0 Å². The van der Waals surface area contributed by atoms with Crippen LogP contribution in [0.3, 0.4) is 0 Å². The van der Waals surface area contributed by atoms with Gasteiger partial charge in [0.15, 0.2) is 0 Å². The van der Waals surface area contributed by atoms with E-state index in [4.69, 9.17) is 0 Å². The quantitative estimate of drug-likeness (QED) is 0.332. The highest BCUT2D eigenvalue weighted by molar-refractivity contribution is 5.85. The Hall–Kier alpha value is -0.920. The third-order valence-electron chi connectivity index (χ3n) is 13.1. The minimum Gasteiger partial charge on any atom is -0.303 e. The maximum absolute atomic E-state index is 12.9. The smallest absolute Gasteiger partial charge is 0.138 e. The van der Waals surface area contributed by atoms with Crippen molar-refractivity contribution in [2.75, 3.05) is 0 Å². The van der Waals surface area contributed by atoms with Gasteiger partial charge in [-0.05, 0) is 111 Å². The molecule has 0 saturated heterocycles. The van der Waals surface area contributed by atoms with Gasteiger partial charge in [0.05, 0.1) is 0 Å². The molecule has 0 aromatic heterocycles. The lowest BCUT2D eigenvalue weighted by molar-refractivity contribution is -0.231. The lowest BCUT2D eigenvalue weighted by Gasteiger charge is -2.72. The Kier molecular flexibility index (Phi) is 4.87. The van der Waals surface area contributed by atoms with Crippen molar-refractivity contribution in [2.24, 2.45) is 56.7 Å². The molecule has 0 spiro atoms. The van der Waals surface area contributed by atoms with E-state index in [1.807, 2.05) is 0 Å². The van der Waals surface area contributed by atoms with Crippen LogP contribution in [0.2, 0.25) is 0 Å². The fourth-order valence-electron chi connectivity index (χ4n) is 11.2. The maximum Gasteiger partial charge on any atom is 0.138 e. The molecule has 5 saturated carbocycles. The summed E-state index contributed by atoms with van der Waals surface area (Å²) in [5.41, 5.74) is 1.87. The molecule has 0 heterocycles. The number of carbonyl (C=O) groups is 2. The van der Waals surface area contributed by atoms with E-state index in [0.29, 0.717) is 40.8 Å². The molecule has 0 N–H and O–H groups in total. The molecule has 0 aliphatic heterocycles. The lowest BCUT2D eigenvalue weighted by Crippen LogP contribution is -2.66. The van der Waals surface area contributed by atoms with Gasteiger partial charge in [0.1, 0.15) is 12.1 Å². The third-order valence-corrected chi connectivity index (χ3v) is 13.1. The largest absolute Gasteiger partial charge is 0.303 e. The molecule has 0 bridgehead atoms. The van der Waals surface area contributed by atoms with Gasteiger partial charge in [0.25, 0.3) is 0 Å². The zero-order valence-electron chi connectivity index (χ0n) is 21.6. The predicted octanol–water partition coefficient (Wildman–Crippen LogP) is 7.41. The van der Waals surface area contributed by atoms with E-state index >= 15 is 0 Å². The predicted molar refractivity (Wildman–Crippen MR) is 130 cm³/mol. The Bertz CT molecular complexity index is 855. The summed E-state index contributed by atoms with van der Waals surface area (Å²) in [5, 5.41) is 0. The Morgan fingerprint density at radius 1 is 0.875 bits per heavy atom. The number of Topliss-reactive ketones (excluding diaryl/α,β-unsaturated/α-hetero) is 1. The van der Waals surface area contributed by atoms with Gasteiger partial charge in [-0.1, -0.05) is 46.8 Å². The summed E-state index contributed by atoms with van der Waals surface area (Å²) < 4.78 is 0. The Morgan fingerprint density at radius 2 is 1.59 bits per heavy atom. The van der Waals surface area contributed by atoms with Gasteiger partial charge < -0.3 is 4.79 Å². The lowest BCUT2D eigenvalue weighted by atomic mass is 9.32. The van der Waals surface area contributed by atoms with Crippen LogP contribution in [0.5, 0.6) is 0 Å². The number of hydrogen-bond donors (Lipinski definition) is 0. The van der Waals surface area contributed by atoms with Crippen molar-refractivity contribution in [1.82, 2.24) is 0 Å². The maximum atomic E-state index is 12.9. The van der Waals surface area contributed by atoms with E-state index < -0.39 is 0 Å². The van der Waals surface area contributed by atoms with Crippen LogP contribution in [0.4, 0.5) is 0 Å². The van der Waals surface area contributed by atoms with E-state index in [1.54, 1.807) is 0 Å². The molecule has 2 nitrogen and oxygen atoms in total. The summed E-state index contributed by atoms with van der Waals surface area (Å²) in [5.74, 6) is 3.34. The molecule has 2 heteroatoms. The number of fused-ring (bicyclic) bond motifs is 7. The van der Waals surface area contributed by atoms with Gasteiger partial charge in [-0.2, -0.15) is 0 Å². The number of allylic oxidation sites excluding steroid dienone is 1. The van der Waals surface area contributed by atoms with E-state index in [0.717, 1.165) is 32.1 Å². The molecule has 5 fully saturated rings. The molecule has 0 aromatic carbocycles. The van der Waals surface area contributed by atoms with Gasteiger partial charge in [-0.3, -0.25) is 4.79 Å². The van der Waals surface area contributed by atoms with Crippen molar-refractivity contribution < 1.29 is 9.59 Å². The summed E-state index contributed by atoms with van der Waals surface area (Å²) in [7, 11) is 0. The molecule has 32 heavy (non-hydrogen) atoms. The first-order chi connectivity index (χ1) is 14.9. The van der Waals surface area contributed by atoms with Crippen molar-refractivity contribution >= 4 is 12.1 Å². The first-order valence-electron chi connectivity index (χ1n) is 13.5. The van der Waals surface area contributed by atoms with Gasteiger partial charge in [-0.25, -0.2) is 0 Å². The number of ketones is 1. The summed E-state index contributed by atoms with van der Waals surface area (Å²) >= 11 is 0. The van der Waals surface area contributed by atoms with Gasteiger partial charge in [0, 0.05) is 17.3 Å². The van der Waals surface area contributed by atoms with E-state index in [1.165, 1.54) is 44.0 Å². The minimum atomic E-state index is -0.179. The zero-order valence-corrected chi connectivity index (χ0v) is 21.6. The van der Waals surface area contributed by atoms with Crippen LogP contribution in [0, 0.1) is 56.7 Å². The monoisotopic (exact) mass is 438 g/mol. The van der Waals surface area contributed by atoms with Crippen molar-refractivity contribution in [3.63, 3.8) is 0 Å². The molecule has 3 unspecified atom stereocenters. The van der Waals surface area contributed by atoms with Crippen molar-refractivity contribution in [3.05, 3.63) is 12.2 Å². The Balaban J connectivity index is 1.56. The topological polar surface area (TPSA) is 34.1 Å². The van der Waals surface area contributed by atoms with Crippen LogP contribution >= 0.6 is 0 Å². The molecule has 0 amide bonds. The fraction of sp³-hybridized carbons (Fsp3) is 0.867. The normalized spacial score (nSPS) is 54.1. The summed E-state index contributed by atoms with van der Waals surface area (Å²) in [6.45, 7) is 18.9. The number of aldehydes is 1.